The molecule has 0 saturated carbocycles. The standard InChI is InChI=1S/C30H18F6NP/c31-25-15-20(16-26(32)29(25)35)37(21-17-27(33)30(36)28(34)18-21)19-8-7-13-24(14-19)38(22-9-3-1-4-10-22)23-11-5-2-6-12-23/h1-18H. The minimum absolute atomic E-state index is 0.243. The van der Waals surface area contributed by atoms with E-state index in [9.17, 15) is 26.3 Å². The van der Waals surface area contributed by atoms with Gasteiger partial charge in [0.1, 0.15) is 0 Å². The van der Waals surface area contributed by atoms with Gasteiger partial charge < -0.3 is 4.90 Å². The van der Waals surface area contributed by atoms with E-state index in [0.717, 1.165) is 20.8 Å². The fraction of sp³-hybridized carbons (Fsp3) is 0. The third kappa shape index (κ3) is 5.02. The SMILES string of the molecule is Fc1cc(N(c2cccc(P(c3ccccc3)c3ccccc3)c2)c2cc(F)c(F)c(F)c2)cc(F)c1F. The Morgan fingerprint density at radius 2 is 0.789 bits per heavy atom. The molecular weight excluding hydrogens is 519 g/mol. The molecule has 0 bridgehead atoms. The lowest BCUT2D eigenvalue weighted by atomic mass is 10.1. The minimum Gasteiger partial charge on any atom is -0.310 e. The Balaban J connectivity index is 1.72. The first-order valence-electron chi connectivity index (χ1n) is 11.4. The van der Waals surface area contributed by atoms with Gasteiger partial charge in [-0.3, -0.25) is 0 Å². The van der Waals surface area contributed by atoms with Gasteiger partial charge in [-0.25, -0.2) is 26.3 Å². The second kappa shape index (κ2) is 10.7. The highest BCUT2D eigenvalue weighted by Gasteiger charge is 2.23. The van der Waals surface area contributed by atoms with Crippen LogP contribution in [0.3, 0.4) is 0 Å². The summed E-state index contributed by atoms with van der Waals surface area (Å²) in [6.07, 6.45) is 0. The molecule has 190 valence electrons. The third-order valence-corrected chi connectivity index (χ3v) is 8.25. The van der Waals surface area contributed by atoms with Crippen molar-refractivity contribution < 1.29 is 26.3 Å². The summed E-state index contributed by atoms with van der Waals surface area (Å²) < 4.78 is 84.6. The molecule has 0 heterocycles. The summed E-state index contributed by atoms with van der Waals surface area (Å²) in [4.78, 5) is 1.14. The largest absolute Gasteiger partial charge is 0.310 e. The number of hydrogen-bond donors (Lipinski definition) is 0. The maximum Gasteiger partial charge on any atom is 0.194 e. The average molecular weight is 537 g/mol. The van der Waals surface area contributed by atoms with Gasteiger partial charge in [-0.05, 0) is 36.0 Å². The first-order valence-corrected chi connectivity index (χ1v) is 12.8. The van der Waals surface area contributed by atoms with Gasteiger partial charge in [0.05, 0.1) is 11.4 Å². The van der Waals surface area contributed by atoms with Gasteiger partial charge in [0, 0.05) is 30.0 Å². The topological polar surface area (TPSA) is 3.24 Å². The van der Waals surface area contributed by atoms with Crippen LogP contribution in [0.1, 0.15) is 0 Å². The number of benzene rings is 5. The zero-order valence-corrected chi connectivity index (χ0v) is 20.4. The molecule has 0 atom stereocenters. The molecule has 0 amide bonds. The fourth-order valence-corrected chi connectivity index (χ4v) is 6.49. The smallest absolute Gasteiger partial charge is 0.194 e. The van der Waals surface area contributed by atoms with Gasteiger partial charge in [0.15, 0.2) is 34.9 Å². The van der Waals surface area contributed by atoms with E-state index in [1.165, 1.54) is 0 Å². The molecule has 0 N–H and O–H groups in total. The average Bonchev–Trinajstić information content (AvgIpc) is 2.92. The highest BCUT2D eigenvalue weighted by Crippen LogP contribution is 2.39. The highest BCUT2D eigenvalue weighted by atomic mass is 31.1. The van der Waals surface area contributed by atoms with E-state index in [0.29, 0.717) is 24.3 Å². The summed E-state index contributed by atoms with van der Waals surface area (Å²) in [5.74, 6) is -9.31. The normalized spacial score (nSPS) is 11.1. The van der Waals surface area contributed by atoms with Crippen LogP contribution in [-0.4, -0.2) is 0 Å². The summed E-state index contributed by atoms with van der Waals surface area (Å²) >= 11 is 0. The maximum absolute atomic E-state index is 14.3. The molecular formula is C30H18F6NP. The van der Waals surface area contributed by atoms with E-state index in [1.54, 1.807) is 18.2 Å². The van der Waals surface area contributed by atoms with Crippen molar-refractivity contribution in [2.24, 2.45) is 0 Å². The molecule has 0 unspecified atom stereocenters. The first kappa shape index (κ1) is 25.6. The van der Waals surface area contributed by atoms with Crippen LogP contribution >= 0.6 is 7.92 Å². The molecule has 38 heavy (non-hydrogen) atoms. The first-order chi connectivity index (χ1) is 18.3. The molecule has 5 aromatic carbocycles. The quantitative estimate of drug-likeness (QED) is 0.122. The Bertz CT molecular complexity index is 1450. The monoisotopic (exact) mass is 537 g/mol. The second-order valence-electron chi connectivity index (χ2n) is 8.31. The van der Waals surface area contributed by atoms with E-state index in [4.69, 9.17) is 0 Å². The van der Waals surface area contributed by atoms with Gasteiger partial charge in [-0.15, -0.1) is 0 Å². The van der Waals surface area contributed by atoms with Gasteiger partial charge >= 0.3 is 0 Å². The maximum atomic E-state index is 14.3. The van der Waals surface area contributed by atoms with Crippen molar-refractivity contribution in [2.75, 3.05) is 4.90 Å². The van der Waals surface area contributed by atoms with E-state index in [1.807, 2.05) is 66.7 Å². The molecule has 1 nitrogen and oxygen atoms in total. The number of halogens is 6. The number of anilines is 3. The van der Waals surface area contributed by atoms with Crippen molar-refractivity contribution in [1.82, 2.24) is 0 Å². The van der Waals surface area contributed by atoms with Gasteiger partial charge in [0.25, 0.3) is 0 Å². The van der Waals surface area contributed by atoms with Crippen LogP contribution in [0, 0.1) is 34.9 Å². The minimum atomic E-state index is -1.68. The van der Waals surface area contributed by atoms with Gasteiger partial charge in [0.2, 0.25) is 0 Å². The fourth-order valence-electron chi connectivity index (χ4n) is 4.16. The van der Waals surface area contributed by atoms with Crippen LogP contribution in [0.5, 0.6) is 0 Å². The Morgan fingerprint density at radius 3 is 1.21 bits per heavy atom. The molecule has 0 fully saturated rings. The Hall–Kier alpha value is -4.09. The van der Waals surface area contributed by atoms with E-state index < -0.39 is 42.8 Å². The molecule has 0 aliphatic carbocycles. The lowest BCUT2D eigenvalue weighted by Crippen LogP contribution is -2.21. The summed E-state index contributed by atoms with van der Waals surface area (Å²) in [5.41, 5.74) is -0.210. The second-order valence-corrected chi connectivity index (χ2v) is 10.5. The van der Waals surface area contributed by atoms with Crippen LogP contribution in [0.25, 0.3) is 0 Å². The van der Waals surface area contributed by atoms with Crippen molar-refractivity contribution in [3.8, 4) is 0 Å². The third-order valence-electron chi connectivity index (χ3n) is 5.83. The molecule has 5 aromatic rings. The summed E-state index contributed by atoms with van der Waals surface area (Å²) in [6, 6.07) is 29.1. The molecule has 0 saturated heterocycles. The number of hydrogen-bond acceptors (Lipinski definition) is 1. The summed E-state index contributed by atoms with van der Waals surface area (Å²) in [6.45, 7) is 0. The predicted octanol–water partition coefficient (Wildman–Crippen LogP) is 7.75. The van der Waals surface area contributed by atoms with Crippen molar-refractivity contribution in [3.05, 3.63) is 144 Å². The predicted molar refractivity (Wildman–Crippen MR) is 140 cm³/mol. The zero-order valence-electron chi connectivity index (χ0n) is 19.6. The molecule has 0 radical (unpaired) electrons. The highest BCUT2D eigenvalue weighted by molar-refractivity contribution is 7.79. The molecule has 5 rings (SSSR count). The Labute approximate surface area is 216 Å². The van der Waals surface area contributed by atoms with E-state index in [-0.39, 0.29) is 17.1 Å². The Kier molecular flexibility index (Phi) is 7.21. The Morgan fingerprint density at radius 1 is 0.395 bits per heavy atom. The lowest BCUT2D eigenvalue weighted by Gasteiger charge is -2.27. The van der Waals surface area contributed by atoms with E-state index in [2.05, 4.69) is 0 Å². The molecule has 0 aromatic heterocycles. The van der Waals surface area contributed by atoms with Crippen LogP contribution < -0.4 is 20.8 Å². The molecule has 0 aliphatic rings. The number of nitrogens with zero attached hydrogens (tertiary/aromatic N) is 1. The summed E-state index contributed by atoms with van der Waals surface area (Å²) in [7, 11) is -1.10. The van der Waals surface area contributed by atoms with Crippen LogP contribution in [-0.2, 0) is 0 Å². The van der Waals surface area contributed by atoms with Crippen molar-refractivity contribution in [2.45, 2.75) is 0 Å². The molecule has 0 aliphatic heterocycles. The molecule has 8 heteroatoms. The zero-order chi connectivity index (χ0) is 26.8. The molecule has 0 spiro atoms. The number of rotatable bonds is 6. The van der Waals surface area contributed by atoms with Crippen molar-refractivity contribution in [1.29, 1.82) is 0 Å². The van der Waals surface area contributed by atoms with E-state index >= 15 is 0 Å². The summed E-state index contributed by atoms with van der Waals surface area (Å²) in [5, 5.41) is 2.87. The van der Waals surface area contributed by atoms with Crippen LogP contribution in [0.15, 0.2) is 109 Å². The lowest BCUT2D eigenvalue weighted by molar-refractivity contribution is 0.446. The van der Waals surface area contributed by atoms with Gasteiger partial charge in [-0.1, -0.05) is 72.8 Å². The van der Waals surface area contributed by atoms with Gasteiger partial charge in [-0.2, -0.15) is 0 Å². The van der Waals surface area contributed by atoms with Crippen molar-refractivity contribution in [3.63, 3.8) is 0 Å². The van der Waals surface area contributed by atoms with Crippen molar-refractivity contribution >= 4 is 40.9 Å². The van der Waals surface area contributed by atoms with Crippen LogP contribution in [0.4, 0.5) is 43.4 Å². The van der Waals surface area contributed by atoms with Crippen LogP contribution in [0.2, 0.25) is 0 Å².